The third-order valence-electron chi connectivity index (χ3n) is 8.36. The van der Waals surface area contributed by atoms with Crippen LogP contribution in [0.3, 0.4) is 0 Å². The van der Waals surface area contributed by atoms with E-state index in [9.17, 15) is 65.8 Å². The van der Waals surface area contributed by atoms with E-state index in [4.69, 9.17) is 57.4 Å². The fourth-order valence-electron chi connectivity index (χ4n) is 6.21. The molecular formula is C33H42F3N4O22P. The van der Waals surface area contributed by atoms with Crippen LogP contribution in [0.15, 0.2) is 17.1 Å². The summed E-state index contributed by atoms with van der Waals surface area (Å²) in [5.74, 6) is -15.2. The zero-order valence-corrected chi connectivity index (χ0v) is 34.9. The fourth-order valence-corrected chi connectivity index (χ4v) is 7.16. The number of hydrogen-bond donors (Lipinski definition) is 3. The quantitative estimate of drug-likeness (QED) is 0.0936. The van der Waals surface area contributed by atoms with Crippen LogP contribution in [0.5, 0.6) is 0 Å². The second kappa shape index (κ2) is 21.1. The molecule has 2 saturated heterocycles. The number of methoxy groups -OCH3 is 1. The monoisotopic (exact) mass is 934 g/mol. The van der Waals surface area contributed by atoms with Crippen molar-refractivity contribution in [2.45, 2.75) is 115 Å². The Labute approximate surface area is 352 Å². The second-order valence-electron chi connectivity index (χ2n) is 13.3. The Morgan fingerprint density at radius 2 is 1.54 bits per heavy atom. The van der Waals surface area contributed by atoms with Crippen molar-refractivity contribution in [2.75, 3.05) is 26.1 Å². The van der Waals surface area contributed by atoms with Crippen molar-refractivity contribution in [1.82, 2.24) is 14.9 Å². The summed E-state index contributed by atoms with van der Waals surface area (Å²) >= 11 is 0. The molecule has 11 atom stereocenters. The molecule has 0 spiro atoms. The number of carbonyl (C=O) groups is 8. The number of halogens is 3. The normalized spacial score (nSPS) is 26.4. The van der Waals surface area contributed by atoms with Gasteiger partial charge in [-0.15, -0.1) is 0 Å². The van der Waals surface area contributed by atoms with E-state index in [1.807, 2.05) is 0 Å². The molecule has 0 saturated carbocycles. The standard InChI is InChI=1S/C33H42F3N4O22P/c1-13(41)53-11-20(56-15(3)43)24(57-16(4)44)26-23(39-29(47)33(34,35)36)19(55-14(2)42)10-32(61-26,30(48)52-7)62-63(50,51)54-12-21-25(58-17(5)45)27(59-18(6)46)28(60-21)40-9-8-22(37)38-31(40)49/h8-9,19-21,23-28H,10-12H2,1-7H3,(H,39,47)(H,50,51)(H2,37,38,49)/t19-,20+,21+,23+,24+,25+,26+,27+,28+,32+/m0/s1. The molecule has 352 valence electrons. The maximum absolute atomic E-state index is 13.9. The van der Waals surface area contributed by atoms with Crippen LogP contribution in [0.4, 0.5) is 19.0 Å². The van der Waals surface area contributed by atoms with Gasteiger partial charge in [-0.2, -0.15) is 18.2 Å². The molecule has 4 N–H and O–H groups in total. The first-order chi connectivity index (χ1) is 29.1. The van der Waals surface area contributed by atoms with Crippen LogP contribution in [-0.4, -0.2) is 143 Å². The minimum Gasteiger partial charge on any atom is -0.465 e. The van der Waals surface area contributed by atoms with Crippen molar-refractivity contribution in [3.63, 3.8) is 0 Å². The van der Waals surface area contributed by atoms with Gasteiger partial charge in [0.2, 0.25) is 0 Å². The van der Waals surface area contributed by atoms with Crippen molar-refractivity contribution in [1.29, 1.82) is 0 Å². The molecule has 2 aliphatic heterocycles. The smallest absolute Gasteiger partial charge is 0.465 e. The van der Waals surface area contributed by atoms with Crippen LogP contribution in [0.2, 0.25) is 0 Å². The van der Waals surface area contributed by atoms with Gasteiger partial charge in [0.05, 0.1) is 26.2 Å². The number of phosphoric ester groups is 1. The summed E-state index contributed by atoms with van der Waals surface area (Å²) in [6.07, 6.45) is -22.3. The average molecular weight is 935 g/mol. The number of anilines is 1. The highest BCUT2D eigenvalue weighted by Gasteiger charge is 2.63. The number of carbonyl (C=O) groups excluding carboxylic acids is 8. The van der Waals surface area contributed by atoms with Crippen LogP contribution in [0.25, 0.3) is 0 Å². The molecular weight excluding hydrogens is 892 g/mol. The highest BCUT2D eigenvalue weighted by molar-refractivity contribution is 7.47. The Kier molecular flexibility index (Phi) is 17.3. The van der Waals surface area contributed by atoms with E-state index in [0.717, 1.165) is 51.4 Å². The molecule has 1 aromatic rings. The van der Waals surface area contributed by atoms with Gasteiger partial charge in [0, 0.05) is 47.7 Å². The van der Waals surface area contributed by atoms with Crippen molar-refractivity contribution < 1.29 is 113 Å². The lowest BCUT2D eigenvalue weighted by molar-refractivity contribution is -0.294. The van der Waals surface area contributed by atoms with Gasteiger partial charge in [0.1, 0.15) is 30.7 Å². The number of rotatable bonds is 17. The number of esters is 7. The summed E-state index contributed by atoms with van der Waals surface area (Å²) in [4.78, 5) is 127. The van der Waals surface area contributed by atoms with Crippen molar-refractivity contribution >= 4 is 61.3 Å². The molecule has 3 heterocycles. The predicted molar refractivity (Wildman–Crippen MR) is 190 cm³/mol. The van der Waals surface area contributed by atoms with E-state index in [1.54, 1.807) is 0 Å². The van der Waals surface area contributed by atoms with Gasteiger partial charge in [-0.05, 0) is 6.07 Å². The molecule has 30 heteroatoms. The van der Waals surface area contributed by atoms with Gasteiger partial charge < -0.3 is 58.6 Å². The molecule has 0 aromatic carbocycles. The number of amides is 1. The van der Waals surface area contributed by atoms with E-state index in [2.05, 4.69) is 4.98 Å². The van der Waals surface area contributed by atoms with Gasteiger partial charge >= 0.3 is 67.4 Å². The molecule has 0 aliphatic carbocycles. The summed E-state index contributed by atoms with van der Waals surface area (Å²) < 4.78 is 113. The van der Waals surface area contributed by atoms with Gasteiger partial charge in [0.15, 0.2) is 30.6 Å². The van der Waals surface area contributed by atoms with Gasteiger partial charge in [-0.3, -0.25) is 42.7 Å². The summed E-state index contributed by atoms with van der Waals surface area (Å²) in [5.41, 5.74) is 4.49. The minimum atomic E-state index is -5.97. The highest BCUT2D eigenvalue weighted by atomic mass is 31.2. The number of ether oxygens (including phenoxy) is 9. The first-order valence-corrected chi connectivity index (χ1v) is 19.4. The zero-order valence-electron chi connectivity index (χ0n) is 34.0. The first-order valence-electron chi connectivity index (χ1n) is 17.9. The van der Waals surface area contributed by atoms with Crippen molar-refractivity contribution in [2.24, 2.45) is 0 Å². The SMILES string of the molecule is COC(=O)[C@]1(OP(=O)(O)OC[C@H]2O[C@@H](n3ccc(N)nc3=O)[C@H](OC(C)=O)[C@@H]2OC(C)=O)C[C@H](OC(C)=O)[C@@H](NC(=O)C(F)(F)F)[C@H]([C@H](OC(C)=O)[C@@H](COC(C)=O)OC(C)=O)O1. The Balaban J connectivity index is 2.19. The molecule has 0 radical (unpaired) electrons. The van der Waals surface area contributed by atoms with E-state index >= 15 is 0 Å². The number of nitrogens with two attached hydrogens (primary N) is 1. The Morgan fingerprint density at radius 3 is 2.05 bits per heavy atom. The molecule has 0 bridgehead atoms. The Hall–Kier alpha value is -5.74. The number of alkyl halides is 3. The minimum absolute atomic E-state index is 0.241. The molecule has 26 nitrogen and oxygen atoms in total. The molecule has 1 amide bonds. The fraction of sp³-hybridized carbons (Fsp3) is 0.636. The summed E-state index contributed by atoms with van der Waals surface area (Å²) in [5, 5.41) is 1.47. The lowest BCUT2D eigenvalue weighted by atomic mass is 9.88. The number of phosphoric acid groups is 1. The molecule has 1 aromatic heterocycles. The maximum Gasteiger partial charge on any atom is 0.475 e. The third-order valence-corrected chi connectivity index (χ3v) is 9.36. The van der Waals surface area contributed by atoms with E-state index in [0.29, 0.717) is 14.0 Å². The van der Waals surface area contributed by atoms with Gasteiger partial charge in [0.25, 0.3) is 5.79 Å². The summed E-state index contributed by atoms with van der Waals surface area (Å²) in [7, 11) is -5.32. The molecule has 2 aliphatic rings. The molecule has 63 heavy (non-hydrogen) atoms. The number of nitrogens with zero attached hydrogens (tertiary/aromatic N) is 2. The van der Waals surface area contributed by atoms with Crippen LogP contribution < -0.4 is 16.7 Å². The number of nitrogens with one attached hydrogen (secondary N) is 1. The number of aromatic nitrogens is 2. The number of nitrogen functional groups attached to an aromatic ring is 1. The molecule has 2 fully saturated rings. The zero-order chi connectivity index (χ0) is 47.8. The van der Waals surface area contributed by atoms with E-state index in [-0.39, 0.29) is 5.82 Å². The highest BCUT2D eigenvalue weighted by Crippen LogP contribution is 2.52. The van der Waals surface area contributed by atoms with Crippen LogP contribution in [0.1, 0.15) is 54.2 Å². The van der Waals surface area contributed by atoms with Crippen molar-refractivity contribution in [3.05, 3.63) is 22.7 Å². The lowest BCUT2D eigenvalue weighted by Crippen LogP contribution is -2.70. The number of hydrogen-bond acceptors (Lipinski definition) is 23. The van der Waals surface area contributed by atoms with Crippen LogP contribution in [-0.2, 0) is 94.6 Å². The van der Waals surface area contributed by atoms with Gasteiger partial charge in [-0.1, -0.05) is 0 Å². The largest absolute Gasteiger partial charge is 0.475 e. The first kappa shape index (κ1) is 51.6. The van der Waals surface area contributed by atoms with Gasteiger partial charge in [-0.25, -0.2) is 18.7 Å². The molecule has 3 rings (SSSR count). The van der Waals surface area contributed by atoms with Crippen LogP contribution in [0, 0.1) is 0 Å². The Bertz CT molecular complexity index is 2040. The maximum atomic E-state index is 13.9. The average Bonchev–Trinajstić information content (AvgIpc) is 3.45. The second-order valence-corrected chi connectivity index (χ2v) is 14.7. The van der Waals surface area contributed by atoms with E-state index in [1.165, 1.54) is 5.32 Å². The van der Waals surface area contributed by atoms with E-state index < -0.39 is 148 Å². The molecule has 1 unspecified atom stereocenters. The topological polar surface area (TPSA) is 348 Å². The summed E-state index contributed by atoms with van der Waals surface area (Å²) in [6.45, 7) is 2.68. The third kappa shape index (κ3) is 14.1. The predicted octanol–water partition coefficient (Wildman–Crippen LogP) is -1.22. The van der Waals surface area contributed by atoms with Crippen LogP contribution >= 0.6 is 7.82 Å². The lowest BCUT2D eigenvalue weighted by Gasteiger charge is -2.48. The Morgan fingerprint density at radius 1 is 0.952 bits per heavy atom. The summed E-state index contributed by atoms with van der Waals surface area (Å²) in [6, 6.07) is -1.26. The van der Waals surface area contributed by atoms with Crippen molar-refractivity contribution in [3.8, 4) is 0 Å².